The zero-order chi connectivity index (χ0) is 33.0. The molecule has 3 amide bonds. The molecule has 1 saturated carbocycles. The Bertz CT molecular complexity index is 1630. The van der Waals surface area contributed by atoms with E-state index in [1.807, 2.05) is 48.2 Å². The van der Waals surface area contributed by atoms with Crippen molar-refractivity contribution in [3.05, 3.63) is 48.3 Å². The molecule has 0 bridgehead atoms. The highest BCUT2D eigenvalue weighted by Crippen LogP contribution is 2.45. The van der Waals surface area contributed by atoms with Gasteiger partial charge in [-0.25, -0.2) is 14.6 Å². The van der Waals surface area contributed by atoms with Crippen LogP contribution >= 0.6 is 0 Å². The summed E-state index contributed by atoms with van der Waals surface area (Å²) in [6.45, 7) is 7.58. The number of ether oxygens (including phenoxy) is 2. The summed E-state index contributed by atoms with van der Waals surface area (Å²) in [4.78, 5) is 45.3. The maximum atomic E-state index is 13.6. The lowest BCUT2D eigenvalue weighted by atomic mass is 10.1. The zero-order valence-corrected chi connectivity index (χ0v) is 27.2. The second-order valence-electron chi connectivity index (χ2n) is 12.7. The van der Waals surface area contributed by atoms with Crippen molar-refractivity contribution in [1.29, 1.82) is 0 Å². The highest BCUT2D eigenvalue weighted by molar-refractivity contribution is 5.94. The number of methoxy groups -OCH3 is 1. The van der Waals surface area contributed by atoms with Crippen molar-refractivity contribution in [2.45, 2.75) is 71.0 Å². The molecule has 3 unspecified atom stereocenters. The van der Waals surface area contributed by atoms with Crippen molar-refractivity contribution in [3.63, 3.8) is 0 Å². The molecule has 5 rings (SSSR count). The topological polar surface area (TPSA) is 148 Å². The van der Waals surface area contributed by atoms with Gasteiger partial charge in [-0.1, -0.05) is 26.0 Å². The minimum Gasteiger partial charge on any atom is -0.496 e. The fraction of sp³-hybridized carbons (Fsp3) is 0.500. The molecule has 0 saturated heterocycles. The fourth-order valence-electron chi connectivity index (χ4n) is 5.90. The first-order chi connectivity index (χ1) is 22.0. The number of carbonyl (C=O) groups is 3. The Kier molecular flexibility index (Phi) is 9.83. The van der Waals surface area contributed by atoms with Crippen LogP contribution in [0.2, 0.25) is 0 Å². The van der Waals surface area contributed by atoms with Crippen molar-refractivity contribution in [2.75, 3.05) is 27.3 Å². The van der Waals surface area contributed by atoms with Crippen LogP contribution in [0.4, 0.5) is 4.79 Å². The summed E-state index contributed by atoms with van der Waals surface area (Å²) in [6.07, 6.45) is 10.5. The molecule has 2 aromatic heterocycles. The Morgan fingerprint density at radius 1 is 1.22 bits per heavy atom. The summed E-state index contributed by atoms with van der Waals surface area (Å²) < 4.78 is 13.8. The molecule has 2 aliphatic rings. The summed E-state index contributed by atoms with van der Waals surface area (Å²) in [7, 11) is 3.30. The monoisotopic (exact) mass is 632 g/mol. The Balaban J connectivity index is 1.41. The molecular formula is C34H44N6O6. The van der Waals surface area contributed by atoms with E-state index in [-0.39, 0.29) is 18.9 Å². The molecule has 1 fully saturated rings. The van der Waals surface area contributed by atoms with Gasteiger partial charge in [-0.05, 0) is 50.7 Å². The van der Waals surface area contributed by atoms with E-state index in [2.05, 4.69) is 29.6 Å². The number of benzene rings is 1. The number of nitrogens with one attached hydrogen (secondary N) is 2. The number of aliphatic carboxylic acids is 1. The number of hydrogen-bond acceptors (Lipinski definition) is 7. The second-order valence-corrected chi connectivity index (χ2v) is 12.7. The normalized spacial score (nSPS) is 22.9. The lowest BCUT2D eigenvalue weighted by molar-refractivity contribution is -0.143. The average molecular weight is 633 g/mol. The predicted molar refractivity (Wildman–Crippen MR) is 174 cm³/mol. The second kappa shape index (κ2) is 13.8. The highest BCUT2D eigenvalue weighted by atomic mass is 16.5. The van der Waals surface area contributed by atoms with Gasteiger partial charge < -0.3 is 30.1 Å². The molecule has 3 atom stereocenters. The zero-order valence-electron chi connectivity index (χ0n) is 27.2. The van der Waals surface area contributed by atoms with Crippen molar-refractivity contribution in [2.24, 2.45) is 11.8 Å². The van der Waals surface area contributed by atoms with Crippen molar-refractivity contribution in [3.8, 4) is 22.8 Å². The van der Waals surface area contributed by atoms with Crippen LogP contribution in [-0.4, -0.2) is 81.6 Å². The van der Waals surface area contributed by atoms with Gasteiger partial charge in [-0.2, -0.15) is 5.10 Å². The van der Waals surface area contributed by atoms with Crippen LogP contribution in [0, 0.1) is 18.8 Å². The lowest BCUT2D eigenvalue weighted by Crippen LogP contribution is -2.55. The number of aromatic nitrogens is 3. The number of amides is 3. The van der Waals surface area contributed by atoms with E-state index in [1.54, 1.807) is 25.3 Å². The highest BCUT2D eigenvalue weighted by Gasteiger charge is 2.60. The van der Waals surface area contributed by atoms with Gasteiger partial charge in [0.05, 0.1) is 31.1 Å². The molecule has 3 heterocycles. The van der Waals surface area contributed by atoms with Crippen LogP contribution in [0.25, 0.3) is 22.2 Å². The number of hydrogen-bond donors (Lipinski definition) is 3. The first kappa shape index (κ1) is 32.8. The predicted octanol–water partition coefficient (Wildman–Crippen LogP) is 4.55. The van der Waals surface area contributed by atoms with Gasteiger partial charge in [0, 0.05) is 61.3 Å². The van der Waals surface area contributed by atoms with Crippen molar-refractivity contribution >= 4 is 28.8 Å². The Morgan fingerprint density at radius 3 is 2.76 bits per heavy atom. The van der Waals surface area contributed by atoms with Gasteiger partial charge >= 0.3 is 12.0 Å². The van der Waals surface area contributed by atoms with Crippen LogP contribution in [0.1, 0.15) is 51.5 Å². The third kappa shape index (κ3) is 7.11. The van der Waals surface area contributed by atoms with Gasteiger partial charge in [0.2, 0.25) is 5.91 Å². The quantitative estimate of drug-likeness (QED) is 0.291. The number of allylic oxidation sites excluding steroid dienone is 1. The Labute approximate surface area is 269 Å². The first-order valence-corrected chi connectivity index (χ1v) is 15.9. The molecule has 1 aromatic carbocycles. The summed E-state index contributed by atoms with van der Waals surface area (Å²) in [5.74, 6) is -0.251. The van der Waals surface area contributed by atoms with E-state index in [1.165, 1.54) is 0 Å². The number of fused-ring (bicyclic) bond motifs is 2. The van der Waals surface area contributed by atoms with Gasteiger partial charge in [0.1, 0.15) is 23.1 Å². The number of carboxylic acid groups (broad SMARTS) is 1. The molecule has 3 N–H and O–H groups in total. The molecule has 0 radical (unpaired) electrons. The van der Waals surface area contributed by atoms with Crippen LogP contribution in [0.15, 0.2) is 42.7 Å². The standard InChI is InChI=1S/C34H44N6O6/c1-21(2)19-40-20-23(18-35-40)27-16-29(25-11-12-28(45-5)22(3)30(25)36-27)46-15-13-26-31(41)38-34(32(42)43)17-24(34)10-8-6-7-9-14-39(4)33(44)37-26/h8,10-12,16,18,20-21,24,26H,6-7,9,13-15,17,19H2,1-5H3,(H,37,44)(H,38,41)(H,42,43)/b10-8+. The van der Waals surface area contributed by atoms with Gasteiger partial charge in [0.25, 0.3) is 0 Å². The van der Waals surface area contributed by atoms with Crippen LogP contribution in [-0.2, 0) is 16.1 Å². The number of urea groups is 1. The average Bonchev–Trinajstić information content (AvgIpc) is 3.52. The number of nitrogens with zero attached hydrogens (tertiary/aromatic N) is 4. The Hall–Kier alpha value is -4.61. The molecule has 12 heteroatoms. The molecule has 246 valence electrons. The number of carbonyl (C=O) groups excluding carboxylic acids is 2. The molecule has 3 aromatic rings. The summed E-state index contributed by atoms with van der Waals surface area (Å²) in [5.41, 5.74) is 1.71. The van der Waals surface area contributed by atoms with E-state index in [0.29, 0.717) is 41.6 Å². The number of aryl methyl sites for hydroxylation is 1. The van der Waals surface area contributed by atoms with Crippen molar-refractivity contribution < 1.29 is 29.0 Å². The van der Waals surface area contributed by atoms with E-state index in [0.717, 1.165) is 42.3 Å². The smallest absolute Gasteiger partial charge is 0.330 e. The number of pyridine rings is 1. The summed E-state index contributed by atoms with van der Waals surface area (Å²) in [6, 6.07) is 4.19. The minimum absolute atomic E-state index is 0.0712. The maximum absolute atomic E-state index is 13.6. The molecule has 12 nitrogen and oxygen atoms in total. The van der Waals surface area contributed by atoms with Gasteiger partial charge in [-0.15, -0.1) is 0 Å². The molecule has 0 spiro atoms. The lowest BCUT2D eigenvalue weighted by Gasteiger charge is -2.25. The van der Waals surface area contributed by atoms with Crippen LogP contribution in [0.3, 0.4) is 0 Å². The molecule has 1 aliphatic carbocycles. The minimum atomic E-state index is -1.37. The molecular weight excluding hydrogens is 588 g/mol. The van der Waals surface area contributed by atoms with E-state index in [9.17, 15) is 19.5 Å². The third-order valence-corrected chi connectivity index (χ3v) is 8.70. The van der Waals surface area contributed by atoms with Crippen LogP contribution < -0.4 is 20.1 Å². The van der Waals surface area contributed by atoms with E-state index < -0.39 is 29.5 Å². The largest absolute Gasteiger partial charge is 0.496 e. The maximum Gasteiger partial charge on any atom is 0.330 e. The van der Waals surface area contributed by atoms with E-state index >= 15 is 0 Å². The van der Waals surface area contributed by atoms with Crippen molar-refractivity contribution in [1.82, 2.24) is 30.3 Å². The Morgan fingerprint density at radius 2 is 2.02 bits per heavy atom. The third-order valence-electron chi connectivity index (χ3n) is 8.70. The van der Waals surface area contributed by atoms with Gasteiger partial charge in [-0.3, -0.25) is 9.48 Å². The first-order valence-electron chi connectivity index (χ1n) is 15.9. The summed E-state index contributed by atoms with van der Waals surface area (Å²) in [5, 5.41) is 20.8. The number of rotatable bonds is 9. The SMILES string of the molecule is COc1ccc2c(OCCC3NC(=O)N(C)CCCC/C=C/C4CC4(C(=O)O)NC3=O)cc(-c3cnn(CC(C)C)c3)nc2c1C. The number of carboxylic acids is 1. The van der Waals surface area contributed by atoms with Crippen LogP contribution in [0.5, 0.6) is 11.5 Å². The molecule has 1 aliphatic heterocycles. The van der Waals surface area contributed by atoms with Gasteiger partial charge in [0.15, 0.2) is 0 Å². The van der Waals surface area contributed by atoms with E-state index in [4.69, 9.17) is 14.5 Å². The fourth-order valence-corrected chi connectivity index (χ4v) is 5.90. The molecule has 46 heavy (non-hydrogen) atoms. The summed E-state index contributed by atoms with van der Waals surface area (Å²) >= 11 is 0.